The largest absolute Gasteiger partial charge is 0.370 e. The lowest BCUT2D eigenvalue weighted by atomic mass is 9.95. The van der Waals surface area contributed by atoms with E-state index in [1.54, 1.807) is 5.56 Å². The summed E-state index contributed by atoms with van der Waals surface area (Å²) >= 11 is 0. The van der Waals surface area contributed by atoms with Gasteiger partial charge in [-0.25, -0.2) is 0 Å². The predicted octanol–water partition coefficient (Wildman–Crippen LogP) is 1.88. The first kappa shape index (κ1) is 16.1. The number of aryl methyl sites for hydroxylation is 1. The van der Waals surface area contributed by atoms with Gasteiger partial charge < -0.3 is 20.4 Å². The fraction of sp³-hybridized carbons (Fsp3) is 0.438. The van der Waals surface area contributed by atoms with Crippen molar-refractivity contribution in [3.63, 3.8) is 0 Å². The quantitative estimate of drug-likeness (QED) is 0.294. The van der Waals surface area contributed by atoms with Crippen LogP contribution in [0.3, 0.4) is 0 Å². The van der Waals surface area contributed by atoms with Gasteiger partial charge in [0.05, 0.1) is 5.52 Å². The van der Waals surface area contributed by atoms with Crippen molar-refractivity contribution in [2.45, 2.75) is 38.8 Å². The Labute approximate surface area is 139 Å². The van der Waals surface area contributed by atoms with Crippen molar-refractivity contribution < 1.29 is 10.3 Å². The van der Waals surface area contributed by atoms with E-state index in [-0.39, 0.29) is 5.96 Å². The van der Waals surface area contributed by atoms with Crippen molar-refractivity contribution in [3.8, 4) is 0 Å². The minimum absolute atomic E-state index is 0.182. The topological polar surface area (TPSA) is 121 Å². The number of fused-ring (bicyclic) bond motifs is 3. The first-order valence-electron chi connectivity index (χ1n) is 8.03. The summed E-state index contributed by atoms with van der Waals surface area (Å²) in [5, 5.41) is 22.8. The molecule has 0 radical (unpaired) electrons. The fourth-order valence-corrected chi connectivity index (χ4v) is 3.85. The Bertz CT molecular complexity index is 795. The number of hydrogen-bond donors (Lipinski definition) is 3. The maximum Gasteiger partial charge on any atom is 0.291 e. The zero-order chi connectivity index (χ0) is 17.3. The number of nitrogens with zero attached hydrogens (tertiary/aromatic N) is 3. The van der Waals surface area contributed by atoms with Crippen LogP contribution in [0, 0.1) is 15.5 Å². The van der Waals surface area contributed by atoms with Crippen molar-refractivity contribution in [1.82, 2.24) is 9.47 Å². The average molecular weight is 331 g/mol. The van der Waals surface area contributed by atoms with Crippen molar-refractivity contribution in [2.75, 3.05) is 6.54 Å². The third-order valence-electron chi connectivity index (χ3n) is 4.77. The SMILES string of the molecule is N=C(N)N1CCn2c3c(c4cccc(c42)C1)CCCC3.O=[N+]([O-])O. The first-order valence-corrected chi connectivity index (χ1v) is 8.03. The Morgan fingerprint density at radius 3 is 2.71 bits per heavy atom. The van der Waals surface area contributed by atoms with E-state index in [2.05, 4.69) is 22.8 Å². The second kappa shape index (κ2) is 6.38. The third kappa shape index (κ3) is 2.86. The van der Waals surface area contributed by atoms with Crippen LogP contribution in [0.15, 0.2) is 18.2 Å². The molecule has 1 aliphatic carbocycles. The molecule has 2 aliphatic rings. The average Bonchev–Trinajstić information content (AvgIpc) is 2.72. The van der Waals surface area contributed by atoms with E-state index in [0.29, 0.717) is 0 Å². The molecule has 1 aromatic heterocycles. The van der Waals surface area contributed by atoms with Gasteiger partial charge in [-0.2, -0.15) is 0 Å². The maximum atomic E-state index is 8.36. The molecular formula is C16H21N5O3. The van der Waals surface area contributed by atoms with Crippen LogP contribution in [0.2, 0.25) is 0 Å². The normalized spacial score (nSPS) is 15.9. The molecule has 8 heteroatoms. The molecule has 2 heterocycles. The Hall–Kier alpha value is -2.77. The molecule has 4 N–H and O–H groups in total. The Morgan fingerprint density at radius 2 is 2.00 bits per heavy atom. The van der Waals surface area contributed by atoms with Crippen LogP contribution in [0.25, 0.3) is 10.9 Å². The van der Waals surface area contributed by atoms with Crippen molar-refractivity contribution in [1.29, 1.82) is 5.41 Å². The molecule has 8 nitrogen and oxygen atoms in total. The first-order chi connectivity index (χ1) is 11.5. The van der Waals surface area contributed by atoms with Gasteiger partial charge >= 0.3 is 0 Å². The number of rotatable bonds is 0. The van der Waals surface area contributed by atoms with E-state index in [1.807, 2.05) is 4.90 Å². The summed E-state index contributed by atoms with van der Waals surface area (Å²) in [7, 11) is 0. The molecule has 0 bridgehead atoms. The van der Waals surface area contributed by atoms with Gasteiger partial charge in [-0.3, -0.25) is 5.41 Å². The highest BCUT2D eigenvalue weighted by Gasteiger charge is 2.24. The van der Waals surface area contributed by atoms with Crippen LogP contribution < -0.4 is 5.73 Å². The van der Waals surface area contributed by atoms with E-state index in [1.165, 1.54) is 47.8 Å². The number of aromatic nitrogens is 1. The van der Waals surface area contributed by atoms with Crippen LogP contribution in [0.1, 0.15) is 29.7 Å². The van der Waals surface area contributed by atoms with Gasteiger partial charge in [-0.15, -0.1) is 10.1 Å². The third-order valence-corrected chi connectivity index (χ3v) is 4.77. The van der Waals surface area contributed by atoms with Crippen LogP contribution in [0.5, 0.6) is 0 Å². The van der Waals surface area contributed by atoms with Crippen LogP contribution in [0.4, 0.5) is 0 Å². The second-order valence-corrected chi connectivity index (χ2v) is 6.14. The van der Waals surface area contributed by atoms with E-state index in [9.17, 15) is 0 Å². The minimum Gasteiger partial charge on any atom is -0.370 e. The number of para-hydroxylation sites is 1. The molecule has 0 amide bonds. The second-order valence-electron chi connectivity index (χ2n) is 6.14. The Balaban J connectivity index is 0.000000383. The standard InChI is InChI=1S/C16H20N4.HNO3/c17-16(18)19-8-9-20-14-7-2-1-5-12(14)13-6-3-4-11(10-19)15(13)20;2-1(3)4/h3-4,6H,1-2,5,7-10H2,(H3,17,18);(H,2,3,4). The Morgan fingerprint density at radius 1 is 1.29 bits per heavy atom. The van der Waals surface area contributed by atoms with E-state index < -0.39 is 5.09 Å². The molecule has 0 fully saturated rings. The highest BCUT2D eigenvalue weighted by atomic mass is 16.9. The number of benzene rings is 1. The highest BCUT2D eigenvalue weighted by molar-refractivity contribution is 5.89. The maximum absolute atomic E-state index is 8.36. The van der Waals surface area contributed by atoms with Crippen molar-refractivity contribution >= 4 is 16.9 Å². The van der Waals surface area contributed by atoms with Crippen LogP contribution in [-0.4, -0.2) is 32.3 Å². The molecule has 24 heavy (non-hydrogen) atoms. The van der Waals surface area contributed by atoms with Crippen LogP contribution >= 0.6 is 0 Å². The van der Waals surface area contributed by atoms with Gasteiger partial charge in [0.25, 0.3) is 5.09 Å². The van der Waals surface area contributed by atoms with Crippen molar-refractivity contribution in [2.24, 2.45) is 5.73 Å². The molecule has 0 saturated heterocycles. The summed E-state index contributed by atoms with van der Waals surface area (Å²) in [6.45, 7) is 2.54. The highest BCUT2D eigenvalue weighted by Crippen LogP contribution is 2.35. The molecule has 0 spiro atoms. The molecular weight excluding hydrogens is 310 g/mol. The lowest BCUT2D eigenvalue weighted by molar-refractivity contribution is -0.742. The van der Waals surface area contributed by atoms with Gasteiger partial charge in [-0.1, -0.05) is 18.2 Å². The zero-order valence-corrected chi connectivity index (χ0v) is 13.4. The number of nitrogens with one attached hydrogen (secondary N) is 1. The number of nitrogens with two attached hydrogens (primary N) is 1. The van der Waals surface area contributed by atoms with Gasteiger partial charge in [0.2, 0.25) is 0 Å². The molecule has 2 aromatic rings. The summed E-state index contributed by atoms with van der Waals surface area (Å²) in [5.41, 5.74) is 11.5. The fourth-order valence-electron chi connectivity index (χ4n) is 3.85. The molecule has 0 atom stereocenters. The Kier molecular flexibility index (Phi) is 4.28. The smallest absolute Gasteiger partial charge is 0.291 e. The summed E-state index contributed by atoms with van der Waals surface area (Å²) < 4.78 is 2.50. The lowest BCUT2D eigenvalue weighted by Crippen LogP contribution is -2.37. The van der Waals surface area contributed by atoms with Gasteiger partial charge in [0.1, 0.15) is 0 Å². The number of hydrogen-bond acceptors (Lipinski definition) is 3. The van der Waals surface area contributed by atoms with Gasteiger partial charge in [-0.05, 0) is 36.8 Å². The molecule has 1 aliphatic heterocycles. The van der Waals surface area contributed by atoms with E-state index in [4.69, 9.17) is 26.5 Å². The molecule has 1 aromatic carbocycles. The monoisotopic (exact) mass is 331 g/mol. The number of guanidine groups is 1. The molecule has 0 saturated carbocycles. The van der Waals surface area contributed by atoms with Crippen LogP contribution in [-0.2, 0) is 25.9 Å². The summed E-state index contributed by atoms with van der Waals surface area (Å²) in [4.78, 5) is 10.3. The van der Waals surface area contributed by atoms with Gasteiger partial charge in [0.15, 0.2) is 5.96 Å². The minimum atomic E-state index is -1.50. The van der Waals surface area contributed by atoms with Gasteiger partial charge in [0, 0.05) is 30.7 Å². The zero-order valence-electron chi connectivity index (χ0n) is 13.4. The molecule has 4 rings (SSSR count). The summed E-state index contributed by atoms with van der Waals surface area (Å²) in [6.07, 6.45) is 5.03. The summed E-state index contributed by atoms with van der Waals surface area (Å²) in [5.74, 6) is 0.182. The molecule has 128 valence electrons. The predicted molar refractivity (Wildman–Crippen MR) is 89.7 cm³/mol. The van der Waals surface area contributed by atoms with E-state index in [0.717, 1.165) is 19.6 Å². The lowest BCUT2D eigenvalue weighted by Gasteiger charge is -2.21. The van der Waals surface area contributed by atoms with E-state index >= 15 is 0 Å². The summed E-state index contributed by atoms with van der Waals surface area (Å²) in [6, 6.07) is 6.61. The van der Waals surface area contributed by atoms with Crippen molar-refractivity contribution in [3.05, 3.63) is 45.1 Å². The molecule has 0 unspecified atom stereocenters.